The van der Waals surface area contributed by atoms with Crippen LogP contribution in [0.3, 0.4) is 0 Å². The Bertz CT molecular complexity index is 4850. The van der Waals surface area contributed by atoms with Crippen molar-refractivity contribution >= 4 is 127 Å². The summed E-state index contributed by atoms with van der Waals surface area (Å²) in [6, 6.07) is 44.4. The third-order valence-corrected chi connectivity index (χ3v) is 19.3. The lowest BCUT2D eigenvalue weighted by atomic mass is 10.2. The maximum atomic E-state index is 12.5. The molecule has 3 saturated heterocycles. The molecule has 109 heavy (non-hydrogen) atoms. The van der Waals surface area contributed by atoms with Gasteiger partial charge in [-0.25, -0.2) is 19.7 Å². The predicted octanol–water partition coefficient (Wildman–Crippen LogP) is 13.6. The molecule has 16 rings (SSSR count). The molecule has 12 aromatic rings. The van der Waals surface area contributed by atoms with Gasteiger partial charge in [-0.3, -0.25) is 4.79 Å². The molecule has 9 heterocycles. The number of amides is 3. The van der Waals surface area contributed by atoms with Crippen LogP contribution in [0.15, 0.2) is 146 Å². The van der Waals surface area contributed by atoms with Crippen molar-refractivity contribution in [3.63, 3.8) is 0 Å². The molecule has 0 radical (unpaired) electrons. The van der Waals surface area contributed by atoms with Gasteiger partial charge in [0.25, 0.3) is 0 Å². The molecule has 6 aromatic carbocycles. The number of rotatable bonds is 21. The van der Waals surface area contributed by atoms with Gasteiger partial charge in [-0.15, -0.1) is 0 Å². The maximum absolute atomic E-state index is 12.5. The van der Waals surface area contributed by atoms with Gasteiger partial charge in [0.2, 0.25) is 41.4 Å². The monoisotopic (exact) mass is 1550 g/mol. The van der Waals surface area contributed by atoms with Crippen molar-refractivity contribution < 1.29 is 33.3 Å². The minimum atomic E-state index is -0.00927. The van der Waals surface area contributed by atoms with Crippen LogP contribution in [0.1, 0.15) is 36.7 Å². The molecule has 4 aliphatic rings. The summed E-state index contributed by atoms with van der Waals surface area (Å²) in [4.78, 5) is 88.5. The number of nitrogens with one attached hydrogen (secondary N) is 7. The van der Waals surface area contributed by atoms with E-state index in [-0.39, 0.29) is 17.9 Å². The number of piperazine rings is 2. The number of anilines is 6. The van der Waals surface area contributed by atoms with Crippen LogP contribution in [0.25, 0.3) is 33.1 Å². The van der Waals surface area contributed by atoms with Crippen LogP contribution in [-0.2, 0) is 24.4 Å². The Morgan fingerprint density at radius 1 is 0.450 bits per heavy atom. The Labute approximate surface area is 648 Å². The minimum Gasteiger partial charge on any atom is -0.497 e. The summed E-state index contributed by atoms with van der Waals surface area (Å²) in [6.45, 7) is 9.79. The molecule has 4 fully saturated rings. The summed E-state index contributed by atoms with van der Waals surface area (Å²) in [5.41, 5.74) is 5.67. The number of carbonyl (C=O) groups excluding carboxylic acids is 2. The van der Waals surface area contributed by atoms with E-state index in [1.807, 2.05) is 87.5 Å². The number of H-pyrrole nitrogens is 3. The van der Waals surface area contributed by atoms with Crippen LogP contribution in [0.2, 0.25) is 20.1 Å². The van der Waals surface area contributed by atoms with E-state index in [0.717, 1.165) is 96.0 Å². The third kappa shape index (κ3) is 19.3. The van der Waals surface area contributed by atoms with Crippen molar-refractivity contribution in [2.24, 2.45) is 5.92 Å². The molecule has 0 spiro atoms. The molecule has 6 aromatic heterocycles. The van der Waals surface area contributed by atoms with E-state index in [1.165, 1.54) is 0 Å². The van der Waals surface area contributed by atoms with Crippen LogP contribution >= 0.6 is 46.4 Å². The first-order valence-electron chi connectivity index (χ1n) is 35.6. The number of aromatic amines is 3. The molecular weight excluding hydrogens is 1470 g/mol. The number of nitrogens with zero attached hydrogens (tertiary/aromatic N) is 15. The molecule has 33 heteroatoms. The summed E-state index contributed by atoms with van der Waals surface area (Å²) in [6.07, 6.45) is 3.03. The second-order valence-corrected chi connectivity index (χ2v) is 27.8. The lowest BCUT2D eigenvalue weighted by Crippen LogP contribution is -2.51. The van der Waals surface area contributed by atoms with Crippen molar-refractivity contribution in [1.82, 2.24) is 79.8 Å². The fourth-order valence-corrected chi connectivity index (χ4v) is 13.2. The van der Waals surface area contributed by atoms with Gasteiger partial charge in [-0.05, 0) is 105 Å². The first-order chi connectivity index (χ1) is 53.1. The molecule has 1 aliphatic carbocycles. The Balaban J connectivity index is 0.000000137. The quantitative estimate of drug-likeness (QED) is 0.0351. The molecule has 3 aliphatic heterocycles. The second-order valence-electron chi connectivity index (χ2n) is 26.1. The number of hydrogen-bond donors (Lipinski definition) is 7. The van der Waals surface area contributed by atoms with Gasteiger partial charge in [-0.2, -0.15) is 29.9 Å². The number of ether oxygens (including phenoxy) is 5. The highest BCUT2D eigenvalue weighted by atomic mass is 35.5. The lowest BCUT2D eigenvalue weighted by molar-refractivity contribution is -0.132. The van der Waals surface area contributed by atoms with Crippen LogP contribution in [0.5, 0.6) is 46.4 Å². The number of carbonyl (C=O) groups is 2. The first-order valence-corrected chi connectivity index (χ1v) is 37.2. The fourth-order valence-electron chi connectivity index (χ4n) is 12.3. The van der Waals surface area contributed by atoms with Gasteiger partial charge in [0, 0.05) is 127 Å². The fraction of sp³-hybridized carbons (Fsp3) is 0.303. The van der Waals surface area contributed by atoms with E-state index in [4.69, 9.17) is 85.0 Å². The molecule has 1 saturated carbocycles. The average molecular weight is 1560 g/mol. The normalized spacial score (nSPS) is 14.4. The van der Waals surface area contributed by atoms with E-state index in [1.54, 1.807) is 106 Å². The van der Waals surface area contributed by atoms with Crippen molar-refractivity contribution in [2.45, 2.75) is 38.9 Å². The largest absolute Gasteiger partial charge is 0.497 e. The van der Waals surface area contributed by atoms with Gasteiger partial charge in [0.15, 0.2) is 0 Å². The third-order valence-electron chi connectivity index (χ3n) is 18.2. The van der Waals surface area contributed by atoms with E-state index >= 15 is 0 Å². The number of imidazole rings is 3. The summed E-state index contributed by atoms with van der Waals surface area (Å²) in [5.74, 6) is 10.0. The zero-order valence-electron chi connectivity index (χ0n) is 60.2. The minimum absolute atomic E-state index is 0.00927. The molecule has 3 amide bonds. The van der Waals surface area contributed by atoms with Crippen LogP contribution < -0.4 is 59.7 Å². The van der Waals surface area contributed by atoms with Crippen molar-refractivity contribution in [2.75, 3.05) is 138 Å². The summed E-state index contributed by atoms with van der Waals surface area (Å²) < 4.78 is 28.6. The zero-order valence-corrected chi connectivity index (χ0v) is 63.3. The van der Waals surface area contributed by atoms with Gasteiger partial charge in [0.05, 0.1) is 82.0 Å². The van der Waals surface area contributed by atoms with Crippen molar-refractivity contribution in [3.05, 3.63) is 183 Å². The van der Waals surface area contributed by atoms with Gasteiger partial charge in [-0.1, -0.05) is 82.8 Å². The Morgan fingerprint density at radius 2 is 0.844 bits per heavy atom. The standard InChI is InChI=1S/C27H28ClN7O3.C26H29ClN8O3.C23H23Cl2N7O/c1-37-18-8-9-22(19(28)14-18)38-25-15-23(29-16-24-30-20-4-2-3-5-21(20)31-24)32-27(33-25)35-12-10-34(11-13-35)26(36)17-6-7-17;1-33(2)26(36)35-12-10-34(11-13-35)25-31-22(28-16-23-29-19-6-4-5-7-20(19)30-23)15-24(32-25)38-21-9-8-17(37-3)14-18(21)27;24-15-6-7-19(16(25)12-15)33-22-13-20(30-23(31-22)32-10-3-8-26-9-11-32)27-14-21-28-17-4-1-2-5-18(17)29-21/h2-5,8-9,14-15,17H,6-7,10-13,16H2,1H3,(H,30,31)(H,29,32,33);4-9,14-15H,10-13,16H2,1-3H3,(H,29,30)(H,28,31,32);1-2,4-7,12-13,26H,3,8-11,14H2,(H,28,29)(H,27,30,31). The number of fused-ring (bicyclic) bond motifs is 3. The van der Waals surface area contributed by atoms with Gasteiger partial charge >= 0.3 is 6.03 Å². The molecule has 0 bridgehead atoms. The Hall–Kier alpha value is -11.4. The van der Waals surface area contributed by atoms with Gasteiger partial charge in [0.1, 0.15) is 63.7 Å². The van der Waals surface area contributed by atoms with Crippen molar-refractivity contribution in [3.8, 4) is 46.4 Å². The second kappa shape index (κ2) is 34.7. The summed E-state index contributed by atoms with van der Waals surface area (Å²) in [7, 11) is 6.67. The highest BCUT2D eigenvalue weighted by Crippen LogP contribution is 2.38. The number of aromatic nitrogens is 12. The lowest BCUT2D eigenvalue weighted by Gasteiger charge is -2.36. The van der Waals surface area contributed by atoms with Crippen LogP contribution in [0.4, 0.5) is 40.1 Å². The van der Waals surface area contributed by atoms with Crippen molar-refractivity contribution in [1.29, 1.82) is 0 Å². The predicted molar refractivity (Wildman–Crippen MR) is 423 cm³/mol. The first kappa shape index (κ1) is 74.5. The Morgan fingerprint density at radius 3 is 1.23 bits per heavy atom. The Kier molecular flexibility index (Phi) is 23.7. The molecule has 7 N–H and O–H groups in total. The SMILES string of the molecule is COc1ccc(Oc2cc(NCc3nc4ccccc4[nH]3)nc(N3CCN(C(=O)C4CC4)CC3)n2)c(Cl)c1.COc1ccc(Oc2cc(NCc3nc4ccccc4[nH]3)nc(N3CCN(C(=O)N(C)C)CC3)n2)c(Cl)c1.Clc1ccc(Oc2cc(NCc3nc4ccccc4[nH]3)nc(N3CCCNCC3)n2)c(Cl)c1. The van der Waals surface area contributed by atoms with E-state index in [0.29, 0.717) is 174 Å². The van der Waals surface area contributed by atoms with Crippen LogP contribution in [-0.4, -0.2) is 193 Å². The zero-order chi connectivity index (χ0) is 75.3. The maximum Gasteiger partial charge on any atom is 0.319 e. The number of para-hydroxylation sites is 6. The topological polar surface area (TPSA) is 311 Å². The van der Waals surface area contributed by atoms with E-state index < -0.39 is 0 Å². The number of benzene rings is 6. The molecule has 564 valence electrons. The van der Waals surface area contributed by atoms with Gasteiger partial charge < -0.3 is 89.3 Å². The summed E-state index contributed by atoms with van der Waals surface area (Å²) >= 11 is 25.2. The van der Waals surface area contributed by atoms with E-state index in [2.05, 4.69) is 75.9 Å². The molecular formula is C76H80Cl4N22O7. The van der Waals surface area contributed by atoms with Crippen LogP contribution in [0, 0.1) is 5.92 Å². The number of hydrogen-bond acceptors (Lipinski definition) is 23. The highest BCUT2D eigenvalue weighted by molar-refractivity contribution is 6.35. The number of urea groups is 1. The molecule has 0 unspecified atom stereocenters. The summed E-state index contributed by atoms with van der Waals surface area (Å²) in [5, 5.41) is 15.2. The average Bonchev–Trinajstić information content (AvgIpc) is 1.48. The number of methoxy groups -OCH3 is 2. The number of halogens is 4. The highest BCUT2D eigenvalue weighted by Gasteiger charge is 2.35. The molecule has 0 atom stereocenters. The van der Waals surface area contributed by atoms with E-state index in [9.17, 15) is 9.59 Å². The smallest absolute Gasteiger partial charge is 0.319 e. The molecule has 29 nitrogen and oxygen atoms in total.